The second-order valence-corrected chi connectivity index (χ2v) is 5.55. The van der Waals surface area contributed by atoms with Crippen LogP contribution in [0.25, 0.3) is 0 Å². The summed E-state index contributed by atoms with van der Waals surface area (Å²) in [7, 11) is 0. The van der Waals surface area contributed by atoms with Crippen LogP contribution in [0.15, 0.2) is 5.38 Å². The summed E-state index contributed by atoms with van der Waals surface area (Å²) in [6, 6.07) is -0.0118. The van der Waals surface area contributed by atoms with Crippen LogP contribution in [0.3, 0.4) is 0 Å². The van der Waals surface area contributed by atoms with Crippen LogP contribution in [0.5, 0.6) is 0 Å². The zero-order valence-corrected chi connectivity index (χ0v) is 10.9. The Kier molecular flexibility index (Phi) is 4.12. The molecule has 1 heterocycles. The van der Waals surface area contributed by atoms with Crippen molar-refractivity contribution in [1.82, 2.24) is 10.3 Å². The number of amides is 1. The van der Waals surface area contributed by atoms with Gasteiger partial charge in [-0.15, -0.1) is 11.3 Å². The number of primary amides is 1. The van der Waals surface area contributed by atoms with Gasteiger partial charge in [-0.05, 0) is 19.8 Å². The molecule has 3 N–H and O–H groups in total. The van der Waals surface area contributed by atoms with Crippen molar-refractivity contribution < 1.29 is 4.79 Å². The number of aromatic nitrogens is 1. The SMILES string of the molecule is Cc1csc(C(NC2CCCCC2)C(N)=O)n1. The predicted octanol–water partition coefficient (Wildman–Crippen LogP) is 1.90. The first-order valence-corrected chi connectivity index (χ1v) is 7.02. The first-order valence-electron chi connectivity index (χ1n) is 6.14. The second-order valence-electron chi connectivity index (χ2n) is 4.66. The maximum absolute atomic E-state index is 11.5. The van der Waals surface area contributed by atoms with Crippen LogP contribution in [-0.2, 0) is 4.79 Å². The van der Waals surface area contributed by atoms with E-state index in [1.165, 1.54) is 30.6 Å². The largest absolute Gasteiger partial charge is 0.368 e. The number of aryl methyl sites for hydroxylation is 1. The Hall–Kier alpha value is -0.940. The molecule has 1 unspecified atom stereocenters. The summed E-state index contributed by atoms with van der Waals surface area (Å²) in [5.41, 5.74) is 6.41. The summed E-state index contributed by atoms with van der Waals surface area (Å²) in [5.74, 6) is -0.329. The molecule has 0 saturated heterocycles. The molecule has 1 aromatic rings. The zero-order valence-electron chi connectivity index (χ0n) is 10.1. The van der Waals surface area contributed by atoms with Crippen LogP contribution in [0.2, 0.25) is 0 Å². The van der Waals surface area contributed by atoms with Crippen molar-refractivity contribution >= 4 is 17.2 Å². The Labute approximate surface area is 106 Å². The molecule has 1 fully saturated rings. The molecule has 0 bridgehead atoms. The lowest BCUT2D eigenvalue weighted by molar-refractivity contribution is -0.120. The predicted molar refractivity (Wildman–Crippen MR) is 68.8 cm³/mol. The van der Waals surface area contributed by atoms with Crippen LogP contribution in [-0.4, -0.2) is 16.9 Å². The van der Waals surface area contributed by atoms with Crippen molar-refractivity contribution in [3.8, 4) is 0 Å². The Morgan fingerprint density at radius 2 is 2.24 bits per heavy atom. The van der Waals surface area contributed by atoms with Gasteiger partial charge in [0.05, 0.1) is 0 Å². The van der Waals surface area contributed by atoms with Gasteiger partial charge in [-0.1, -0.05) is 19.3 Å². The summed E-state index contributed by atoms with van der Waals surface area (Å²) < 4.78 is 0. The highest BCUT2D eigenvalue weighted by Crippen LogP contribution is 2.23. The molecule has 0 spiro atoms. The fourth-order valence-corrected chi connectivity index (χ4v) is 3.15. The summed E-state index contributed by atoms with van der Waals surface area (Å²) in [6.07, 6.45) is 6.04. The van der Waals surface area contributed by atoms with Crippen LogP contribution < -0.4 is 11.1 Å². The molecule has 17 heavy (non-hydrogen) atoms. The van der Waals surface area contributed by atoms with Gasteiger partial charge >= 0.3 is 0 Å². The zero-order chi connectivity index (χ0) is 12.3. The van der Waals surface area contributed by atoms with Crippen molar-refractivity contribution in [2.24, 2.45) is 5.73 Å². The molecule has 2 rings (SSSR count). The van der Waals surface area contributed by atoms with Crippen molar-refractivity contribution in [2.45, 2.75) is 51.1 Å². The molecule has 4 nitrogen and oxygen atoms in total. The average Bonchev–Trinajstić information content (AvgIpc) is 2.73. The second kappa shape index (κ2) is 5.60. The van der Waals surface area contributed by atoms with E-state index in [-0.39, 0.29) is 5.91 Å². The van der Waals surface area contributed by atoms with E-state index in [1.807, 2.05) is 12.3 Å². The van der Waals surface area contributed by atoms with E-state index < -0.39 is 6.04 Å². The van der Waals surface area contributed by atoms with E-state index in [9.17, 15) is 4.79 Å². The smallest absolute Gasteiger partial charge is 0.241 e. The number of rotatable bonds is 4. The Bertz CT molecular complexity index is 385. The van der Waals surface area contributed by atoms with Gasteiger partial charge in [-0.25, -0.2) is 4.98 Å². The van der Waals surface area contributed by atoms with Crippen LogP contribution in [0.1, 0.15) is 48.8 Å². The minimum Gasteiger partial charge on any atom is -0.368 e. The standard InChI is InChI=1S/C12H19N3OS/c1-8-7-17-12(14-8)10(11(13)16)15-9-5-3-2-4-6-9/h7,9-10,15H,2-6H2,1H3,(H2,13,16). The van der Waals surface area contributed by atoms with Gasteiger partial charge in [0, 0.05) is 17.1 Å². The number of thiazole rings is 1. The van der Waals surface area contributed by atoms with Crippen molar-refractivity contribution in [2.75, 3.05) is 0 Å². The Balaban J connectivity index is 2.04. The van der Waals surface area contributed by atoms with E-state index in [2.05, 4.69) is 10.3 Å². The number of nitrogens with zero attached hydrogens (tertiary/aromatic N) is 1. The first kappa shape index (κ1) is 12.5. The summed E-state index contributed by atoms with van der Waals surface area (Å²) in [4.78, 5) is 15.9. The fourth-order valence-electron chi connectivity index (χ4n) is 2.28. The van der Waals surface area contributed by atoms with Crippen LogP contribution in [0.4, 0.5) is 0 Å². The van der Waals surface area contributed by atoms with Gasteiger partial charge < -0.3 is 5.73 Å². The molecule has 1 atom stereocenters. The fraction of sp³-hybridized carbons (Fsp3) is 0.667. The third kappa shape index (κ3) is 3.26. The third-order valence-electron chi connectivity index (χ3n) is 3.18. The molecule has 0 aliphatic heterocycles. The first-order chi connectivity index (χ1) is 8.16. The lowest BCUT2D eigenvalue weighted by atomic mass is 9.95. The molecular weight excluding hydrogens is 234 g/mol. The third-order valence-corrected chi connectivity index (χ3v) is 4.20. The number of nitrogens with two attached hydrogens (primary N) is 1. The number of carbonyl (C=O) groups excluding carboxylic acids is 1. The van der Waals surface area contributed by atoms with E-state index in [4.69, 9.17) is 5.73 Å². The van der Waals surface area contributed by atoms with Gasteiger partial charge in [-0.3, -0.25) is 10.1 Å². The topological polar surface area (TPSA) is 68.0 Å². The molecular formula is C12H19N3OS. The maximum Gasteiger partial charge on any atom is 0.241 e. The highest BCUT2D eigenvalue weighted by atomic mass is 32.1. The van der Waals surface area contributed by atoms with E-state index >= 15 is 0 Å². The van der Waals surface area contributed by atoms with Gasteiger partial charge in [0.15, 0.2) is 0 Å². The van der Waals surface area contributed by atoms with Crippen molar-refractivity contribution in [1.29, 1.82) is 0 Å². The summed E-state index contributed by atoms with van der Waals surface area (Å²) >= 11 is 1.50. The Morgan fingerprint density at radius 3 is 2.76 bits per heavy atom. The average molecular weight is 253 g/mol. The van der Waals surface area contributed by atoms with Crippen molar-refractivity contribution in [3.63, 3.8) is 0 Å². The minimum absolute atomic E-state index is 0.329. The molecule has 5 heteroatoms. The highest BCUT2D eigenvalue weighted by Gasteiger charge is 2.25. The van der Waals surface area contributed by atoms with Gasteiger partial charge in [-0.2, -0.15) is 0 Å². The number of hydrogen-bond donors (Lipinski definition) is 2. The summed E-state index contributed by atoms with van der Waals surface area (Å²) in [6.45, 7) is 1.93. The quantitative estimate of drug-likeness (QED) is 0.861. The number of hydrogen-bond acceptors (Lipinski definition) is 4. The van der Waals surface area contributed by atoms with E-state index in [1.54, 1.807) is 0 Å². The van der Waals surface area contributed by atoms with E-state index in [0.717, 1.165) is 23.5 Å². The minimum atomic E-state index is -0.420. The summed E-state index contributed by atoms with van der Waals surface area (Å²) in [5, 5.41) is 6.10. The molecule has 1 aromatic heterocycles. The highest BCUT2D eigenvalue weighted by molar-refractivity contribution is 7.09. The van der Waals surface area contributed by atoms with Gasteiger partial charge in [0.1, 0.15) is 11.0 Å². The molecule has 1 aliphatic carbocycles. The molecule has 1 aliphatic rings. The number of carbonyl (C=O) groups is 1. The number of nitrogens with one attached hydrogen (secondary N) is 1. The molecule has 1 amide bonds. The lowest BCUT2D eigenvalue weighted by Gasteiger charge is -2.26. The monoisotopic (exact) mass is 253 g/mol. The normalized spacial score (nSPS) is 19.1. The Morgan fingerprint density at radius 1 is 1.53 bits per heavy atom. The van der Waals surface area contributed by atoms with Crippen LogP contribution in [0, 0.1) is 6.92 Å². The van der Waals surface area contributed by atoms with Gasteiger partial charge in [0.25, 0.3) is 0 Å². The van der Waals surface area contributed by atoms with Crippen LogP contribution >= 0.6 is 11.3 Å². The van der Waals surface area contributed by atoms with E-state index in [0.29, 0.717) is 6.04 Å². The molecule has 1 saturated carbocycles. The van der Waals surface area contributed by atoms with Gasteiger partial charge in [0.2, 0.25) is 5.91 Å². The van der Waals surface area contributed by atoms with Crippen molar-refractivity contribution in [3.05, 3.63) is 16.1 Å². The lowest BCUT2D eigenvalue weighted by Crippen LogP contribution is -2.40. The molecule has 0 radical (unpaired) electrons. The molecule has 94 valence electrons. The maximum atomic E-state index is 11.5. The molecule has 0 aromatic carbocycles.